The Morgan fingerprint density at radius 1 is 0.958 bits per heavy atom. The molecule has 126 valence electrons. The molecule has 0 aromatic heterocycles. The van der Waals surface area contributed by atoms with Crippen LogP contribution < -0.4 is 9.64 Å². The summed E-state index contributed by atoms with van der Waals surface area (Å²) >= 11 is 0. The van der Waals surface area contributed by atoms with E-state index in [0.29, 0.717) is 19.7 Å². The third kappa shape index (κ3) is 3.98. The second-order valence-corrected chi connectivity index (χ2v) is 5.71. The number of anilines is 1. The summed E-state index contributed by atoms with van der Waals surface area (Å²) in [6, 6.07) is 17.7. The smallest absolute Gasteiger partial charge is 0.410 e. The topological polar surface area (TPSA) is 42.0 Å². The van der Waals surface area contributed by atoms with Crippen LogP contribution in [0.5, 0.6) is 5.75 Å². The lowest BCUT2D eigenvalue weighted by Crippen LogP contribution is -2.48. The number of methoxy groups -OCH3 is 1. The van der Waals surface area contributed by atoms with Crippen LogP contribution in [-0.2, 0) is 11.3 Å². The van der Waals surface area contributed by atoms with Crippen LogP contribution in [0.4, 0.5) is 10.5 Å². The van der Waals surface area contributed by atoms with Gasteiger partial charge in [-0.05, 0) is 29.8 Å². The van der Waals surface area contributed by atoms with Gasteiger partial charge in [0.25, 0.3) is 0 Å². The first-order valence-corrected chi connectivity index (χ1v) is 8.11. The van der Waals surface area contributed by atoms with E-state index in [9.17, 15) is 4.79 Å². The summed E-state index contributed by atoms with van der Waals surface area (Å²) < 4.78 is 10.6. The summed E-state index contributed by atoms with van der Waals surface area (Å²) in [6.07, 6.45) is -0.242. The van der Waals surface area contributed by atoms with Crippen LogP contribution in [0, 0.1) is 0 Å². The maximum atomic E-state index is 12.2. The highest BCUT2D eigenvalue weighted by Crippen LogP contribution is 2.20. The van der Waals surface area contributed by atoms with Gasteiger partial charge in [-0.3, -0.25) is 0 Å². The Bertz CT molecular complexity index is 650. The van der Waals surface area contributed by atoms with Crippen LogP contribution in [0.15, 0.2) is 54.6 Å². The maximum Gasteiger partial charge on any atom is 0.410 e. The molecule has 3 rings (SSSR count). The lowest BCUT2D eigenvalue weighted by molar-refractivity contribution is 0.0942. The van der Waals surface area contributed by atoms with Crippen molar-refractivity contribution in [2.24, 2.45) is 0 Å². The maximum absolute atomic E-state index is 12.2. The van der Waals surface area contributed by atoms with Crippen LogP contribution in [0.25, 0.3) is 0 Å². The summed E-state index contributed by atoms with van der Waals surface area (Å²) in [7, 11) is 1.66. The van der Waals surface area contributed by atoms with Crippen LogP contribution in [0.2, 0.25) is 0 Å². The van der Waals surface area contributed by atoms with Crippen molar-refractivity contribution in [2.45, 2.75) is 6.61 Å². The molecular formula is C19H22N2O3. The van der Waals surface area contributed by atoms with Crippen molar-refractivity contribution in [1.82, 2.24) is 4.90 Å². The average Bonchev–Trinajstić information content (AvgIpc) is 2.67. The van der Waals surface area contributed by atoms with Gasteiger partial charge in [-0.1, -0.05) is 30.3 Å². The number of piperazine rings is 1. The van der Waals surface area contributed by atoms with Crippen molar-refractivity contribution in [1.29, 1.82) is 0 Å². The molecule has 2 aromatic rings. The third-order valence-electron chi connectivity index (χ3n) is 4.18. The lowest BCUT2D eigenvalue weighted by Gasteiger charge is -2.35. The number of nitrogens with zero attached hydrogens (tertiary/aromatic N) is 2. The van der Waals surface area contributed by atoms with Gasteiger partial charge in [-0.2, -0.15) is 0 Å². The number of carbonyl (C=O) groups excluding carboxylic acids is 1. The predicted molar refractivity (Wildman–Crippen MR) is 93.4 cm³/mol. The first-order chi connectivity index (χ1) is 11.8. The number of benzene rings is 2. The molecule has 0 N–H and O–H groups in total. The molecule has 0 aliphatic carbocycles. The number of ether oxygens (including phenoxy) is 2. The normalized spacial score (nSPS) is 14.4. The molecule has 1 amide bonds. The highest BCUT2D eigenvalue weighted by molar-refractivity contribution is 5.68. The van der Waals surface area contributed by atoms with Crippen molar-refractivity contribution in [3.63, 3.8) is 0 Å². The molecule has 1 aliphatic heterocycles. The van der Waals surface area contributed by atoms with Crippen molar-refractivity contribution in [3.8, 4) is 5.75 Å². The molecule has 0 unspecified atom stereocenters. The Hall–Kier alpha value is -2.69. The molecular weight excluding hydrogens is 304 g/mol. The first-order valence-electron chi connectivity index (χ1n) is 8.11. The Balaban J connectivity index is 1.48. The zero-order valence-corrected chi connectivity index (χ0v) is 13.9. The number of hydrogen-bond acceptors (Lipinski definition) is 4. The van der Waals surface area contributed by atoms with Crippen molar-refractivity contribution >= 4 is 11.8 Å². The van der Waals surface area contributed by atoms with Crippen LogP contribution in [0.3, 0.4) is 0 Å². The standard InChI is InChI=1S/C19H22N2O3/c1-23-18-9-7-17(8-10-18)20-11-13-21(14-12-20)19(22)24-15-16-5-3-2-4-6-16/h2-10H,11-15H2,1H3. The van der Waals surface area contributed by atoms with Gasteiger partial charge in [-0.25, -0.2) is 4.79 Å². The summed E-state index contributed by atoms with van der Waals surface area (Å²) in [5, 5.41) is 0. The van der Waals surface area contributed by atoms with E-state index < -0.39 is 0 Å². The molecule has 1 aliphatic rings. The van der Waals surface area contributed by atoms with E-state index in [-0.39, 0.29) is 6.09 Å². The van der Waals surface area contributed by atoms with Gasteiger partial charge in [0.15, 0.2) is 0 Å². The van der Waals surface area contributed by atoms with Gasteiger partial charge in [-0.15, -0.1) is 0 Å². The third-order valence-corrected chi connectivity index (χ3v) is 4.18. The fourth-order valence-electron chi connectivity index (χ4n) is 2.75. The van der Waals surface area contributed by atoms with Gasteiger partial charge in [0.1, 0.15) is 12.4 Å². The zero-order valence-electron chi connectivity index (χ0n) is 13.9. The SMILES string of the molecule is COc1ccc(N2CCN(C(=O)OCc3ccccc3)CC2)cc1. The molecule has 24 heavy (non-hydrogen) atoms. The van der Waals surface area contributed by atoms with Crippen molar-refractivity contribution < 1.29 is 14.3 Å². The van der Waals surface area contributed by atoms with E-state index in [4.69, 9.17) is 9.47 Å². The molecule has 0 radical (unpaired) electrons. The Labute approximate surface area is 142 Å². The average molecular weight is 326 g/mol. The van der Waals surface area contributed by atoms with E-state index in [2.05, 4.69) is 4.90 Å². The van der Waals surface area contributed by atoms with E-state index in [1.54, 1.807) is 12.0 Å². The fraction of sp³-hybridized carbons (Fsp3) is 0.316. The second kappa shape index (κ2) is 7.73. The lowest BCUT2D eigenvalue weighted by atomic mass is 10.2. The van der Waals surface area contributed by atoms with Gasteiger partial charge in [0.05, 0.1) is 7.11 Å². The summed E-state index contributed by atoms with van der Waals surface area (Å²) in [5.74, 6) is 0.849. The Morgan fingerprint density at radius 3 is 2.25 bits per heavy atom. The minimum Gasteiger partial charge on any atom is -0.497 e. The van der Waals surface area contributed by atoms with Gasteiger partial charge < -0.3 is 19.3 Å². The fourth-order valence-corrected chi connectivity index (χ4v) is 2.75. The van der Waals surface area contributed by atoms with Crippen LogP contribution in [-0.4, -0.2) is 44.3 Å². The van der Waals surface area contributed by atoms with Crippen LogP contribution >= 0.6 is 0 Å². The van der Waals surface area contributed by atoms with Crippen LogP contribution in [0.1, 0.15) is 5.56 Å². The highest BCUT2D eigenvalue weighted by atomic mass is 16.6. The van der Waals surface area contributed by atoms with E-state index in [1.807, 2.05) is 54.6 Å². The Morgan fingerprint density at radius 2 is 1.62 bits per heavy atom. The first kappa shape index (κ1) is 16.2. The monoisotopic (exact) mass is 326 g/mol. The number of amides is 1. The zero-order chi connectivity index (χ0) is 16.8. The minimum absolute atomic E-state index is 0.242. The molecule has 5 heteroatoms. The van der Waals surface area contributed by atoms with E-state index in [0.717, 1.165) is 30.1 Å². The van der Waals surface area contributed by atoms with Gasteiger partial charge in [0, 0.05) is 31.9 Å². The number of rotatable bonds is 4. The largest absolute Gasteiger partial charge is 0.497 e. The van der Waals surface area contributed by atoms with Gasteiger partial charge >= 0.3 is 6.09 Å². The predicted octanol–water partition coefficient (Wildman–Crippen LogP) is 3.15. The Kier molecular flexibility index (Phi) is 5.21. The molecule has 0 bridgehead atoms. The van der Waals surface area contributed by atoms with Crippen molar-refractivity contribution in [2.75, 3.05) is 38.2 Å². The van der Waals surface area contributed by atoms with E-state index in [1.165, 1.54) is 0 Å². The molecule has 1 heterocycles. The second-order valence-electron chi connectivity index (χ2n) is 5.71. The van der Waals surface area contributed by atoms with Gasteiger partial charge in [0.2, 0.25) is 0 Å². The minimum atomic E-state index is -0.242. The summed E-state index contributed by atoms with van der Waals surface area (Å²) in [4.78, 5) is 16.2. The molecule has 1 saturated heterocycles. The molecule has 2 aromatic carbocycles. The highest BCUT2D eigenvalue weighted by Gasteiger charge is 2.22. The number of hydrogen-bond donors (Lipinski definition) is 0. The van der Waals surface area contributed by atoms with E-state index >= 15 is 0 Å². The quantitative estimate of drug-likeness (QED) is 0.865. The summed E-state index contributed by atoms with van der Waals surface area (Å²) in [6.45, 7) is 3.25. The molecule has 0 saturated carbocycles. The number of carbonyl (C=O) groups is 1. The molecule has 0 atom stereocenters. The molecule has 1 fully saturated rings. The molecule has 5 nitrogen and oxygen atoms in total. The molecule has 0 spiro atoms. The van der Waals surface area contributed by atoms with Crippen molar-refractivity contribution in [3.05, 3.63) is 60.2 Å². The summed E-state index contributed by atoms with van der Waals surface area (Å²) in [5.41, 5.74) is 2.15.